The normalized spacial score (nSPS) is 15.0. The number of hydrogen-bond donors (Lipinski definition) is 1. The fourth-order valence-electron chi connectivity index (χ4n) is 3.35. The number of nitrogens with one attached hydrogen (secondary N) is 1. The first kappa shape index (κ1) is 21.9. The van der Waals surface area contributed by atoms with Gasteiger partial charge in [-0.05, 0) is 64.9 Å². The van der Waals surface area contributed by atoms with E-state index in [9.17, 15) is 4.79 Å². The maximum absolute atomic E-state index is 12.3. The van der Waals surface area contributed by atoms with E-state index in [1.54, 1.807) is 13.2 Å². The summed E-state index contributed by atoms with van der Waals surface area (Å²) >= 11 is 6.93. The molecule has 1 aliphatic rings. The van der Waals surface area contributed by atoms with Crippen molar-refractivity contribution < 1.29 is 9.53 Å². The topological polar surface area (TPSA) is 44.8 Å². The van der Waals surface area contributed by atoms with Crippen molar-refractivity contribution in [3.05, 3.63) is 57.0 Å². The molecule has 2 aromatic carbocycles. The second-order valence-corrected chi connectivity index (χ2v) is 8.57. The largest absolute Gasteiger partial charge is 0.495 e. The number of carbonyl (C=O) groups excluding carboxylic acids is 1. The Balaban J connectivity index is 1.61. The number of hydrogen-bond acceptors (Lipinski definition) is 4. The summed E-state index contributed by atoms with van der Waals surface area (Å²) < 4.78 is 7.14. The van der Waals surface area contributed by atoms with Gasteiger partial charge in [-0.15, -0.1) is 0 Å². The van der Waals surface area contributed by atoms with Gasteiger partial charge in [0.2, 0.25) is 5.91 Å². The number of halogens is 2. The minimum Gasteiger partial charge on any atom is -0.495 e. The highest BCUT2D eigenvalue weighted by Crippen LogP contribution is 2.33. The number of methoxy groups -OCH3 is 1. The highest BCUT2D eigenvalue weighted by Gasteiger charge is 2.15. The molecule has 2 aromatic rings. The third-order valence-corrected chi connectivity index (χ3v) is 6.02. The van der Waals surface area contributed by atoms with Crippen molar-refractivity contribution in [2.24, 2.45) is 0 Å². The van der Waals surface area contributed by atoms with Crippen molar-refractivity contribution in [1.82, 2.24) is 4.90 Å². The van der Waals surface area contributed by atoms with Gasteiger partial charge >= 0.3 is 0 Å². The summed E-state index contributed by atoms with van der Waals surface area (Å²) in [5.41, 5.74) is 2.78. The third-order valence-electron chi connectivity index (χ3n) is 4.97. The van der Waals surface area contributed by atoms with Gasteiger partial charge in [0, 0.05) is 53.7 Å². The zero-order valence-corrected chi connectivity index (χ0v) is 19.8. The van der Waals surface area contributed by atoms with Crippen LogP contribution in [0.4, 0.5) is 11.4 Å². The van der Waals surface area contributed by atoms with E-state index >= 15 is 0 Å². The minimum atomic E-state index is -0.188. The van der Waals surface area contributed by atoms with Gasteiger partial charge in [0.25, 0.3) is 0 Å². The van der Waals surface area contributed by atoms with Gasteiger partial charge in [-0.3, -0.25) is 4.79 Å². The first-order valence-electron chi connectivity index (χ1n) is 9.59. The molecular weight excluding hydrogens is 498 g/mol. The molecule has 0 bridgehead atoms. The molecule has 1 N–H and O–H groups in total. The lowest BCUT2D eigenvalue weighted by Gasteiger charge is -2.35. The third kappa shape index (κ3) is 5.84. The molecule has 0 saturated carbocycles. The van der Waals surface area contributed by atoms with Crippen LogP contribution in [-0.2, 0) is 4.79 Å². The Bertz CT molecular complexity index is 876. The van der Waals surface area contributed by atoms with Crippen LogP contribution in [-0.4, -0.2) is 50.6 Å². The monoisotopic (exact) mass is 521 g/mol. The zero-order chi connectivity index (χ0) is 20.8. The predicted molar refractivity (Wildman–Crippen MR) is 127 cm³/mol. The van der Waals surface area contributed by atoms with E-state index in [1.165, 1.54) is 11.8 Å². The van der Waals surface area contributed by atoms with Crippen LogP contribution in [0, 0.1) is 0 Å². The van der Waals surface area contributed by atoms with Crippen molar-refractivity contribution in [1.29, 1.82) is 0 Å². The van der Waals surface area contributed by atoms with Crippen LogP contribution in [0.2, 0.25) is 0 Å². The molecule has 1 aliphatic heterocycles. The van der Waals surface area contributed by atoms with Gasteiger partial charge in [-0.1, -0.05) is 22.9 Å². The maximum Gasteiger partial charge on any atom is 0.248 e. The first-order chi connectivity index (χ1) is 14.0. The lowest BCUT2D eigenvalue weighted by atomic mass is 10.2. The van der Waals surface area contributed by atoms with Crippen LogP contribution in [0.15, 0.2) is 51.4 Å². The van der Waals surface area contributed by atoms with Gasteiger partial charge in [-0.2, -0.15) is 0 Å². The van der Waals surface area contributed by atoms with E-state index in [2.05, 4.69) is 66.0 Å². The van der Waals surface area contributed by atoms with Gasteiger partial charge in [0.15, 0.2) is 0 Å². The Morgan fingerprint density at radius 3 is 2.45 bits per heavy atom. The summed E-state index contributed by atoms with van der Waals surface area (Å²) in [5, 5.41) is 2.91. The molecule has 29 heavy (non-hydrogen) atoms. The molecule has 1 amide bonds. The lowest BCUT2D eigenvalue weighted by molar-refractivity contribution is -0.111. The number of benzene rings is 2. The van der Waals surface area contributed by atoms with Gasteiger partial charge < -0.3 is 19.9 Å². The molecular formula is C22H25Br2N3O2. The van der Waals surface area contributed by atoms with Crippen molar-refractivity contribution in [2.75, 3.05) is 50.1 Å². The smallest absolute Gasteiger partial charge is 0.248 e. The molecule has 7 heteroatoms. The average Bonchev–Trinajstić information content (AvgIpc) is 2.72. The molecule has 0 aromatic heterocycles. The molecule has 0 aliphatic carbocycles. The molecule has 154 valence electrons. The number of nitrogens with zero attached hydrogens (tertiary/aromatic N) is 2. The van der Waals surface area contributed by atoms with E-state index in [1.807, 2.05) is 24.3 Å². The summed E-state index contributed by atoms with van der Waals surface area (Å²) in [6.45, 7) is 7.56. The molecule has 0 spiro atoms. The summed E-state index contributed by atoms with van der Waals surface area (Å²) in [5.74, 6) is 0.497. The van der Waals surface area contributed by atoms with Crippen molar-refractivity contribution in [2.45, 2.75) is 6.92 Å². The molecule has 0 unspecified atom stereocenters. The van der Waals surface area contributed by atoms with Gasteiger partial charge in [0.1, 0.15) is 5.75 Å². The van der Waals surface area contributed by atoms with Crippen molar-refractivity contribution in [3.8, 4) is 5.75 Å². The standard InChI is InChI=1S/C22H25Br2N3O2/c1-3-26-10-12-27(13-11-26)19-7-5-18(6-8-19)25-21(28)9-4-16-14-17(23)15-20(24)22(16)29-2/h4-9,14-15H,3,10-13H2,1-2H3,(H,25,28). The summed E-state index contributed by atoms with van der Waals surface area (Å²) in [4.78, 5) is 17.2. The highest BCUT2D eigenvalue weighted by molar-refractivity contribution is 9.11. The van der Waals surface area contributed by atoms with Crippen molar-refractivity contribution >= 4 is 55.2 Å². The van der Waals surface area contributed by atoms with Crippen LogP contribution in [0.5, 0.6) is 5.75 Å². The Labute approximate surface area is 189 Å². The number of carbonyl (C=O) groups is 1. The molecule has 0 atom stereocenters. The molecule has 0 radical (unpaired) electrons. The van der Waals surface area contributed by atoms with E-state index < -0.39 is 0 Å². The van der Waals surface area contributed by atoms with E-state index in [0.717, 1.165) is 52.9 Å². The quantitative estimate of drug-likeness (QED) is 0.541. The number of likely N-dealkylation sites (N-methyl/N-ethyl adjacent to an activating group) is 1. The summed E-state index contributed by atoms with van der Waals surface area (Å²) in [7, 11) is 1.61. The SMILES string of the molecule is CCN1CCN(c2ccc(NC(=O)C=Cc3cc(Br)cc(Br)c3OC)cc2)CC1. The lowest BCUT2D eigenvalue weighted by Crippen LogP contribution is -2.46. The molecule has 1 fully saturated rings. The van der Waals surface area contributed by atoms with E-state index in [-0.39, 0.29) is 5.91 Å². The van der Waals surface area contributed by atoms with Crippen LogP contribution in [0.25, 0.3) is 6.08 Å². The minimum absolute atomic E-state index is 0.188. The summed E-state index contributed by atoms with van der Waals surface area (Å²) in [6, 6.07) is 11.8. The highest BCUT2D eigenvalue weighted by atomic mass is 79.9. The van der Waals surface area contributed by atoms with E-state index in [0.29, 0.717) is 5.75 Å². The zero-order valence-electron chi connectivity index (χ0n) is 16.6. The van der Waals surface area contributed by atoms with Gasteiger partial charge in [0.05, 0.1) is 11.6 Å². The van der Waals surface area contributed by atoms with Crippen LogP contribution in [0.3, 0.4) is 0 Å². The first-order valence-corrected chi connectivity index (χ1v) is 11.2. The summed E-state index contributed by atoms with van der Waals surface area (Å²) in [6.07, 6.45) is 3.25. The number of anilines is 2. The Hall–Kier alpha value is -1.83. The van der Waals surface area contributed by atoms with Gasteiger partial charge in [-0.25, -0.2) is 0 Å². The van der Waals surface area contributed by atoms with Crippen LogP contribution < -0.4 is 15.0 Å². The molecule has 1 heterocycles. The maximum atomic E-state index is 12.3. The van der Waals surface area contributed by atoms with Crippen LogP contribution >= 0.6 is 31.9 Å². The van der Waals surface area contributed by atoms with E-state index in [4.69, 9.17) is 4.74 Å². The van der Waals surface area contributed by atoms with Crippen LogP contribution in [0.1, 0.15) is 12.5 Å². The Morgan fingerprint density at radius 2 is 1.83 bits per heavy atom. The average molecular weight is 523 g/mol. The number of amides is 1. The molecule has 3 rings (SSSR count). The second-order valence-electron chi connectivity index (χ2n) is 6.80. The number of ether oxygens (including phenoxy) is 1. The number of rotatable bonds is 6. The fourth-order valence-corrected chi connectivity index (χ4v) is 4.77. The molecule has 5 nitrogen and oxygen atoms in total. The Morgan fingerprint density at radius 1 is 1.14 bits per heavy atom. The second kappa shape index (κ2) is 10.3. The fraction of sp³-hybridized carbons (Fsp3) is 0.318. The predicted octanol–water partition coefficient (Wildman–Crippen LogP) is 5.01. The Kier molecular flexibility index (Phi) is 7.75. The molecule has 1 saturated heterocycles. The number of piperazine rings is 1. The van der Waals surface area contributed by atoms with Crippen molar-refractivity contribution in [3.63, 3.8) is 0 Å².